The fourth-order valence-corrected chi connectivity index (χ4v) is 8.40. The largest absolute Gasteiger partial charge is 0.466 e. The molecular weight excluding hydrogens is 743 g/mol. The van der Waals surface area contributed by atoms with Gasteiger partial charge in [-0.25, -0.2) is 0 Å². The van der Waals surface area contributed by atoms with Crippen molar-refractivity contribution in [2.75, 3.05) is 13.2 Å². The minimum absolute atomic E-state index is 0.00814. The lowest BCUT2D eigenvalue weighted by Crippen LogP contribution is -2.45. The number of rotatable bonds is 50. The van der Waals surface area contributed by atoms with Gasteiger partial charge in [-0.1, -0.05) is 264 Å². The highest BCUT2D eigenvalue weighted by Crippen LogP contribution is 2.17. The second-order valence-corrected chi connectivity index (χ2v) is 18.6. The number of carbonyl (C=O) groups excluding carboxylic acids is 2. The third-order valence-corrected chi connectivity index (χ3v) is 12.6. The van der Waals surface area contributed by atoms with Gasteiger partial charge in [0.05, 0.1) is 25.4 Å². The van der Waals surface area contributed by atoms with Crippen LogP contribution in [0.2, 0.25) is 0 Å². The summed E-state index contributed by atoms with van der Waals surface area (Å²) in [5.41, 5.74) is 0. The van der Waals surface area contributed by atoms with E-state index >= 15 is 0 Å². The number of carbonyl (C=O) groups is 2. The molecule has 60 heavy (non-hydrogen) atoms. The number of hydrogen-bond donors (Lipinski definition) is 3. The lowest BCUT2D eigenvalue weighted by Gasteiger charge is -2.20. The smallest absolute Gasteiger partial charge is 0.305 e. The van der Waals surface area contributed by atoms with Crippen LogP contribution in [-0.4, -0.2) is 47.4 Å². The summed E-state index contributed by atoms with van der Waals surface area (Å²) in [4.78, 5) is 24.5. The molecule has 0 aliphatic carbocycles. The van der Waals surface area contributed by atoms with Crippen LogP contribution in [0.25, 0.3) is 0 Å². The van der Waals surface area contributed by atoms with Crippen molar-refractivity contribution in [2.45, 2.75) is 309 Å². The maximum absolute atomic E-state index is 12.4. The lowest BCUT2D eigenvalue weighted by atomic mass is 10.0. The molecule has 0 radical (unpaired) electrons. The van der Waals surface area contributed by atoms with Crippen LogP contribution in [0.4, 0.5) is 0 Å². The SMILES string of the molecule is CCCCCCCCCCCCCCCCC/C=C/C(O)C(CO)NC(=O)CCCCCCCCCCCCCCOC(=O)CCCCCCCCCCCCCCCC. The standard InChI is InChI=1S/C54H105NO5/c1-3-5-7-9-11-13-15-17-19-20-21-22-26-30-34-38-42-46-52(57)51(50-56)55-53(58)47-43-39-35-31-27-24-25-29-33-37-41-45-49-60-54(59)48-44-40-36-32-28-23-18-16-14-12-10-8-6-4-2/h42,46,51-52,56-57H,3-41,43-45,47-50H2,1-2H3,(H,55,58)/b46-42+. The Balaban J connectivity index is 3.48. The molecule has 2 atom stereocenters. The first-order valence-electron chi connectivity index (χ1n) is 27.0. The van der Waals surface area contributed by atoms with Gasteiger partial charge in [-0.3, -0.25) is 9.59 Å². The summed E-state index contributed by atoms with van der Waals surface area (Å²) in [6, 6.07) is -0.638. The summed E-state index contributed by atoms with van der Waals surface area (Å²) in [5, 5.41) is 23.1. The van der Waals surface area contributed by atoms with E-state index in [0.29, 0.717) is 19.4 Å². The fourth-order valence-electron chi connectivity index (χ4n) is 8.40. The van der Waals surface area contributed by atoms with Crippen LogP contribution in [-0.2, 0) is 14.3 Å². The lowest BCUT2D eigenvalue weighted by molar-refractivity contribution is -0.143. The molecule has 0 aliphatic heterocycles. The highest BCUT2D eigenvalue weighted by atomic mass is 16.5. The van der Waals surface area contributed by atoms with Crippen LogP contribution >= 0.6 is 0 Å². The topological polar surface area (TPSA) is 95.9 Å². The molecule has 0 bridgehead atoms. The predicted molar refractivity (Wildman–Crippen MR) is 260 cm³/mol. The average Bonchev–Trinajstić information content (AvgIpc) is 3.25. The van der Waals surface area contributed by atoms with E-state index in [1.165, 1.54) is 212 Å². The van der Waals surface area contributed by atoms with E-state index in [9.17, 15) is 19.8 Å². The summed E-state index contributed by atoms with van der Waals surface area (Å²) in [7, 11) is 0. The Bertz CT molecular complexity index is 893. The molecule has 0 heterocycles. The number of allylic oxidation sites excluding steroid dienone is 1. The molecule has 0 saturated carbocycles. The molecule has 356 valence electrons. The molecule has 0 aliphatic rings. The third-order valence-electron chi connectivity index (χ3n) is 12.6. The predicted octanol–water partition coefficient (Wildman–Crippen LogP) is 16.1. The fraction of sp³-hybridized carbons (Fsp3) is 0.926. The Morgan fingerprint density at radius 1 is 0.450 bits per heavy atom. The number of amides is 1. The summed E-state index contributed by atoms with van der Waals surface area (Å²) in [6.45, 7) is 4.88. The molecule has 2 unspecified atom stereocenters. The second kappa shape index (κ2) is 50.2. The van der Waals surface area contributed by atoms with Gasteiger partial charge in [0.25, 0.3) is 0 Å². The van der Waals surface area contributed by atoms with E-state index in [-0.39, 0.29) is 18.5 Å². The molecule has 6 nitrogen and oxygen atoms in total. The molecule has 1 amide bonds. The van der Waals surface area contributed by atoms with Gasteiger partial charge in [0.15, 0.2) is 0 Å². The first-order chi connectivity index (χ1) is 29.5. The third kappa shape index (κ3) is 46.1. The highest BCUT2D eigenvalue weighted by molar-refractivity contribution is 5.76. The quantitative estimate of drug-likeness (QED) is 0.0322. The van der Waals surface area contributed by atoms with Gasteiger partial charge in [-0.15, -0.1) is 0 Å². The minimum Gasteiger partial charge on any atom is -0.466 e. The Labute approximate surface area is 374 Å². The monoisotopic (exact) mass is 848 g/mol. The normalized spacial score (nSPS) is 12.7. The number of aliphatic hydroxyl groups is 2. The first-order valence-corrected chi connectivity index (χ1v) is 27.0. The molecular formula is C54H105NO5. The Hall–Kier alpha value is -1.40. The maximum atomic E-state index is 12.4. The molecule has 0 aromatic carbocycles. The molecule has 0 aromatic heterocycles. The highest BCUT2D eigenvalue weighted by Gasteiger charge is 2.18. The van der Waals surface area contributed by atoms with Crippen molar-refractivity contribution < 1.29 is 24.5 Å². The van der Waals surface area contributed by atoms with Crippen molar-refractivity contribution >= 4 is 11.9 Å². The molecule has 6 heteroatoms. The average molecular weight is 848 g/mol. The van der Waals surface area contributed by atoms with Crippen LogP contribution < -0.4 is 5.32 Å². The van der Waals surface area contributed by atoms with Crippen LogP contribution in [0.3, 0.4) is 0 Å². The molecule has 0 spiro atoms. The van der Waals surface area contributed by atoms with Crippen LogP contribution in [0.5, 0.6) is 0 Å². The van der Waals surface area contributed by atoms with Crippen LogP contribution in [0, 0.1) is 0 Å². The van der Waals surface area contributed by atoms with Gasteiger partial charge in [-0.05, 0) is 32.1 Å². The van der Waals surface area contributed by atoms with Gasteiger partial charge in [0.1, 0.15) is 0 Å². The zero-order valence-corrected chi connectivity index (χ0v) is 40.5. The van der Waals surface area contributed by atoms with Crippen LogP contribution in [0.15, 0.2) is 12.2 Å². The Kier molecular flexibility index (Phi) is 49.1. The second-order valence-electron chi connectivity index (χ2n) is 18.6. The number of unbranched alkanes of at least 4 members (excludes halogenated alkanes) is 39. The van der Waals surface area contributed by atoms with E-state index in [1.807, 2.05) is 6.08 Å². The number of aliphatic hydroxyl groups excluding tert-OH is 2. The van der Waals surface area contributed by atoms with Crippen LogP contribution in [0.1, 0.15) is 296 Å². The molecule has 0 fully saturated rings. The zero-order chi connectivity index (χ0) is 43.7. The van der Waals surface area contributed by atoms with E-state index in [0.717, 1.165) is 57.8 Å². The molecule has 0 saturated heterocycles. The van der Waals surface area contributed by atoms with Gasteiger partial charge in [0, 0.05) is 12.8 Å². The summed E-state index contributed by atoms with van der Waals surface area (Å²) in [5.74, 6) is -0.0893. The van der Waals surface area contributed by atoms with Crippen molar-refractivity contribution in [3.63, 3.8) is 0 Å². The number of ether oxygens (including phenoxy) is 1. The summed E-state index contributed by atoms with van der Waals surface area (Å²) in [6.07, 6.45) is 57.8. The van der Waals surface area contributed by atoms with Crippen molar-refractivity contribution in [1.29, 1.82) is 0 Å². The maximum Gasteiger partial charge on any atom is 0.305 e. The Morgan fingerprint density at radius 2 is 0.767 bits per heavy atom. The number of hydrogen-bond acceptors (Lipinski definition) is 5. The van der Waals surface area contributed by atoms with Crippen molar-refractivity contribution in [2.24, 2.45) is 0 Å². The van der Waals surface area contributed by atoms with E-state index in [1.54, 1.807) is 6.08 Å². The molecule has 0 rings (SSSR count). The van der Waals surface area contributed by atoms with Gasteiger partial charge in [-0.2, -0.15) is 0 Å². The van der Waals surface area contributed by atoms with Crippen molar-refractivity contribution in [3.05, 3.63) is 12.2 Å². The van der Waals surface area contributed by atoms with Crippen molar-refractivity contribution in [1.82, 2.24) is 5.32 Å². The first kappa shape index (κ1) is 58.6. The van der Waals surface area contributed by atoms with E-state index < -0.39 is 12.1 Å². The zero-order valence-electron chi connectivity index (χ0n) is 40.5. The minimum atomic E-state index is -0.853. The van der Waals surface area contributed by atoms with Crippen molar-refractivity contribution in [3.8, 4) is 0 Å². The number of esters is 1. The van der Waals surface area contributed by atoms with Gasteiger partial charge in [0.2, 0.25) is 5.91 Å². The summed E-state index contributed by atoms with van der Waals surface area (Å²) >= 11 is 0. The Morgan fingerprint density at radius 3 is 1.13 bits per heavy atom. The van der Waals surface area contributed by atoms with Gasteiger partial charge >= 0.3 is 5.97 Å². The van der Waals surface area contributed by atoms with Gasteiger partial charge < -0.3 is 20.3 Å². The molecule has 3 N–H and O–H groups in total. The summed E-state index contributed by atoms with van der Waals surface area (Å²) < 4.78 is 5.46. The van der Waals surface area contributed by atoms with E-state index in [2.05, 4.69) is 19.2 Å². The van der Waals surface area contributed by atoms with E-state index in [4.69, 9.17) is 4.74 Å². The number of nitrogens with one attached hydrogen (secondary N) is 1. The molecule has 0 aromatic rings.